The Morgan fingerprint density at radius 2 is 1.90 bits per heavy atom. The molecular formula is C21H25ClN8. The Balaban J connectivity index is 1.59. The third-order valence-corrected chi connectivity index (χ3v) is 5.26. The standard InChI is InChI=1S/C21H25ClN8/c1-4-5-6-19-23-20(14(2)3)26-29(19)13-15-7-9-16(10-8-15)30-17(11-12-18(30)22)21-24-27-28-25-21/h7-12,14H,4-6,13H2,1-3H3,(H,24,25,27,28). The monoisotopic (exact) mass is 424 g/mol. The van der Waals surface area contributed by atoms with Gasteiger partial charge in [0.25, 0.3) is 0 Å². The van der Waals surface area contributed by atoms with Crippen molar-refractivity contribution in [3.05, 3.63) is 58.8 Å². The van der Waals surface area contributed by atoms with Gasteiger partial charge in [-0.25, -0.2) is 9.67 Å². The Morgan fingerprint density at radius 1 is 1.10 bits per heavy atom. The lowest BCUT2D eigenvalue weighted by Crippen LogP contribution is -2.07. The van der Waals surface area contributed by atoms with E-state index in [9.17, 15) is 0 Å². The molecule has 1 N–H and O–H groups in total. The van der Waals surface area contributed by atoms with Gasteiger partial charge in [0.05, 0.1) is 12.2 Å². The highest BCUT2D eigenvalue weighted by atomic mass is 35.5. The minimum absolute atomic E-state index is 0.313. The number of aromatic nitrogens is 8. The van der Waals surface area contributed by atoms with Gasteiger partial charge in [0.15, 0.2) is 5.82 Å². The highest BCUT2D eigenvalue weighted by molar-refractivity contribution is 6.30. The van der Waals surface area contributed by atoms with Gasteiger partial charge in [-0.1, -0.05) is 50.9 Å². The lowest BCUT2D eigenvalue weighted by atomic mass is 10.2. The Bertz CT molecular complexity index is 1090. The summed E-state index contributed by atoms with van der Waals surface area (Å²) in [4.78, 5) is 4.76. The number of nitrogens with one attached hydrogen (secondary N) is 1. The fraction of sp³-hybridized carbons (Fsp3) is 0.381. The predicted octanol–water partition coefficient (Wildman–Crippen LogP) is 4.42. The number of unbranched alkanes of at least 4 members (excludes halogenated alkanes) is 1. The maximum absolute atomic E-state index is 6.42. The summed E-state index contributed by atoms with van der Waals surface area (Å²) < 4.78 is 3.93. The highest BCUT2D eigenvalue weighted by Crippen LogP contribution is 2.27. The molecule has 9 heteroatoms. The molecule has 0 aliphatic carbocycles. The van der Waals surface area contributed by atoms with Crippen LogP contribution in [-0.4, -0.2) is 40.0 Å². The maximum Gasteiger partial charge on any atom is 0.221 e. The Hall–Kier alpha value is -3.00. The molecule has 3 aromatic heterocycles. The number of rotatable bonds is 8. The minimum Gasteiger partial charge on any atom is -0.297 e. The largest absolute Gasteiger partial charge is 0.297 e. The van der Waals surface area contributed by atoms with Crippen molar-refractivity contribution in [1.29, 1.82) is 0 Å². The molecule has 0 unspecified atom stereocenters. The predicted molar refractivity (Wildman–Crippen MR) is 116 cm³/mol. The molecule has 1 aromatic carbocycles. The fourth-order valence-corrected chi connectivity index (χ4v) is 3.58. The number of nitrogens with zero attached hydrogens (tertiary/aromatic N) is 7. The van der Waals surface area contributed by atoms with E-state index in [1.54, 1.807) is 0 Å². The molecule has 8 nitrogen and oxygen atoms in total. The minimum atomic E-state index is 0.313. The lowest BCUT2D eigenvalue weighted by molar-refractivity contribution is 0.610. The Labute approximate surface area is 180 Å². The fourth-order valence-electron chi connectivity index (χ4n) is 3.33. The van der Waals surface area contributed by atoms with Crippen LogP contribution in [0.3, 0.4) is 0 Å². The van der Waals surface area contributed by atoms with Crippen LogP contribution in [0, 0.1) is 0 Å². The second kappa shape index (κ2) is 8.79. The van der Waals surface area contributed by atoms with Crippen molar-refractivity contribution in [2.45, 2.75) is 52.5 Å². The van der Waals surface area contributed by atoms with Gasteiger partial charge in [-0.15, -0.1) is 10.2 Å². The van der Waals surface area contributed by atoms with Crippen LogP contribution < -0.4 is 0 Å². The second-order valence-corrected chi connectivity index (χ2v) is 7.97. The van der Waals surface area contributed by atoms with Crippen LogP contribution in [-0.2, 0) is 13.0 Å². The van der Waals surface area contributed by atoms with Crippen LogP contribution in [0.25, 0.3) is 17.2 Å². The van der Waals surface area contributed by atoms with Crippen molar-refractivity contribution in [2.24, 2.45) is 0 Å². The topological polar surface area (TPSA) is 90.1 Å². The average molecular weight is 425 g/mol. The number of halogens is 1. The SMILES string of the molecule is CCCCc1nc(C(C)C)nn1Cc1ccc(-n2c(Cl)ccc2-c2nn[nH]n2)cc1. The van der Waals surface area contributed by atoms with E-state index in [0.717, 1.165) is 47.9 Å². The molecule has 156 valence electrons. The van der Waals surface area contributed by atoms with Crippen LogP contribution in [0.4, 0.5) is 0 Å². The molecule has 0 bridgehead atoms. The van der Waals surface area contributed by atoms with Crippen molar-refractivity contribution in [1.82, 2.24) is 40.0 Å². The summed E-state index contributed by atoms with van der Waals surface area (Å²) in [5.41, 5.74) is 2.86. The first kappa shape index (κ1) is 20.3. The summed E-state index contributed by atoms with van der Waals surface area (Å²) in [6.07, 6.45) is 3.19. The van der Waals surface area contributed by atoms with Crippen molar-refractivity contribution >= 4 is 11.6 Å². The number of tetrazole rings is 1. The molecule has 0 saturated heterocycles. The number of hydrogen-bond acceptors (Lipinski definition) is 5. The summed E-state index contributed by atoms with van der Waals surface area (Å²) in [5, 5.41) is 19.6. The third kappa shape index (κ3) is 4.14. The van der Waals surface area contributed by atoms with Gasteiger partial charge < -0.3 is 0 Å². The number of H-pyrrole nitrogens is 1. The molecule has 0 radical (unpaired) electrons. The van der Waals surface area contributed by atoms with E-state index in [4.69, 9.17) is 21.7 Å². The molecular weight excluding hydrogens is 400 g/mol. The summed E-state index contributed by atoms with van der Waals surface area (Å²) >= 11 is 6.42. The number of benzene rings is 1. The third-order valence-electron chi connectivity index (χ3n) is 4.97. The van der Waals surface area contributed by atoms with E-state index in [1.165, 1.54) is 0 Å². The van der Waals surface area contributed by atoms with E-state index in [2.05, 4.69) is 53.5 Å². The number of aromatic amines is 1. The van der Waals surface area contributed by atoms with Gasteiger partial charge in [-0.3, -0.25) is 4.57 Å². The van der Waals surface area contributed by atoms with E-state index in [0.29, 0.717) is 23.4 Å². The van der Waals surface area contributed by atoms with Gasteiger partial charge in [0, 0.05) is 18.0 Å². The molecule has 30 heavy (non-hydrogen) atoms. The van der Waals surface area contributed by atoms with Crippen molar-refractivity contribution in [3.8, 4) is 17.2 Å². The zero-order valence-corrected chi connectivity index (χ0v) is 18.1. The van der Waals surface area contributed by atoms with E-state index in [-0.39, 0.29) is 0 Å². The molecule has 4 rings (SSSR count). The van der Waals surface area contributed by atoms with E-state index in [1.807, 2.05) is 33.5 Å². The number of aryl methyl sites for hydroxylation is 1. The molecule has 0 amide bonds. The number of hydrogen-bond donors (Lipinski definition) is 1. The lowest BCUT2D eigenvalue weighted by Gasteiger charge is -2.10. The molecule has 4 aromatic rings. The summed E-state index contributed by atoms with van der Waals surface area (Å²) in [6, 6.07) is 12.0. The van der Waals surface area contributed by atoms with Crippen LogP contribution in [0.2, 0.25) is 5.15 Å². The first-order valence-electron chi connectivity index (χ1n) is 10.2. The second-order valence-electron chi connectivity index (χ2n) is 7.58. The Morgan fingerprint density at radius 3 is 2.57 bits per heavy atom. The zero-order valence-electron chi connectivity index (χ0n) is 17.4. The molecule has 0 fully saturated rings. The maximum atomic E-state index is 6.42. The van der Waals surface area contributed by atoms with Gasteiger partial charge in [0.2, 0.25) is 5.82 Å². The molecule has 0 saturated carbocycles. The highest BCUT2D eigenvalue weighted by Gasteiger charge is 2.15. The van der Waals surface area contributed by atoms with Crippen molar-refractivity contribution < 1.29 is 0 Å². The molecule has 3 heterocycles. The molecule has 0 spiro atoms. The summed E-state index contributed by atoms with van der Waals surface area (Å²) in [6.45, 7) is 7.13. The molecule has 0 aliphatic rings. The first-order chi connectivity index (χ1) is 14.6. The normalized spacial score (nSPS) is 11.5. The van der Waals surface area contributed by atoms with Gasteiger partial charge in [0.1, 0.15) is 11.0 Å². The average Bonchev–Trinajstić information content (AvgIpc) is 3.47. The van der Waals surface area contributed by atoms with Crippen LogP contribution >= 0.6 is 11.6 Å². The smallest absolute Gasteiger partial charge is 0.221 e. The first-order valence-corrected chi connectivity index (χ1v) is 10.6. The van der Waals surface area contributed by atoms with E-state index >= 15 is 0 Å². The summed E-state index contributed by atoms with van der Waals surface area (Å²) in [5.74, 6) is 2.77. The van der Waals surface area contributed by atoms with Crippen LogP contribution in [0.5, 0.6) is 0 Å². The van der Waals surface area contributed by atoms with Crippen molar-refractivity contribution in [3.63, 3.8) is 0 Å². The quantitative estimate of drug-likeness (QED) is 0.452. The van der Waals surface area contributed by atoms with Crippen LogP contribution in [0.15, 0.2) is 36.4 Å². The van der Waals surface area contributed by atoms with E-state index < -0.39 is 0 Å². The molecule has 0 aliphatic heterocycles. The Kier molecular flexibility index (Phi) is 5.94. The van der Waals surface area contributed by atoms with Gasteiger partial charge >= 0.3 is 0 Å². The summed E-state index contributed by atoms with van der Waals surface area (Å²) in [7, 11) is 0. The molecule has 0 atom stereocenters. The van der Waals surface area contributed by atoms with Crippen molar-refractivity contribution in [2.75, 3.05) is 0 Å². The van der Waals surface area contributed by atoms with Gasteiger partial charge in [-0.2, -0.15) is 10.3 Å². The van der Waals surface area contributed by atoms with Gasteiger partial charge in [-0.05, 0) is 41.5 Å². The van der Waals surface area contributed by atoms with Crippen LogP contribution in [0.1, 0.15) is 56.7 Å². The zero-order chi connectivity index (χ0) is 21.1.